The van der Waals surface area contributed by atoms with E-state index in [0.29, 0.717) is 25.3 Å². The zero-order valence-corrected chi connectivity index (χ0v) is 22.9. The molecule has 0 aromatic heterocycles. The highest BCUT2D eigenvalue weighted by atomic mass is 16.5. The monoisotopic (exact) mass is 526 g/mol. The van der Waals surface area contributed by atoms with Crippen molar-refractivity contribution in [2.24, 2.45) is 5.92 Å². The molecule has 3 amide bonds. The summed E-state index contributed by atoms with van der Waals surface area (Å²) in [7, 11) is 2.61. The number of likely N-dealkylation sites (N-methyl/N-ethyl adjacent to an activating group) is 1. The van der Waals surface area contributed by atoms with Gasteiger partial charge in [-0.1, -0.05) is 68.8 Å². The fourth-order valence-corrected chi connectivity index (χ4v) is 4.27. The lowest BCUT2D eigenvalue weighted by Gasteiger charge is -2.29. The molecule has 3 atom stereocenters. The molecule has 0 bridgehead atoms. The molecule has 3 rings (SSSR count). The molecule has 2 aromatic rings. The van der Waals surface area contributed by atoms with E-state index in [1.807, 2.05) is 68.4 Å². The van der Waals surface area contributed by atoms with Crippen LogP contribution in [0, 0.1) is 5.92 Å². The lowest BCUT2D eigenvalue weighted by molar-refractivity contribution is -0.138. The average molecular weight is 527 g/mol. The number of aliphatic hydroxyl groups excluding tert-OH is 1. The third-order valence-electron chi connectivity index (χ3n) is 6.56. The van der Waals surface area contributed by atoms with E-state index in [1.165, 1.54) is 4.90 Å². The predicted octanol–water partition coefficient (Wildman–Crippen LogP) is 2.06. The van der Waals surface area contributed by atoms with Crippen molar-refractivity contribution in [3.8, 4) is 5.75 Å². The largest absolute Gasteiger partial charge is 0.492 e. The second-order valence-electron chi connectivity index (χ2n) is 9.27. The smallest absolute Gasteiger partial charge is 0.247 e. The Kier molecular flexibility index (Phi) is 13.3. The number of nitrogens with zero attached hydrogens (tertiary/aromatic N) is 1. The summed E-state index contributed by atoms with van der Waals surface area (Å²) in [6.07, 6.45) is 2.28. The molecule has 3 unspecified atom stereocenters. The van der Waals surface area contributed by atoms with Gasteiger partial charge in [0.25, 0.3) is 0 Å². The molecule has 0 aliphatic carbocycles. The van der Waals surface area contributed by atoms with E-state index >= 15 is 0 Å². The molecule has 38 heavy (non-hydrogen) atoms. The predicted molar refractivity (Wildman–Crippen MR) is 148 cm³/mol. The first-order chi connectivity index (χ1) is 18.4. The number of amides is 3. The maximum atomic E-state index is 13.3. The van der Waals surface area contributed by atoms with Gasteiger partial charge in [0, 0.05) is 27.2 Å². The fraction of sp³-hybridized carbons (Fsp3) is 0.483. The van der Waals surface area contributed by atoms with Crippen LogP contribution < -0.4 is 20.7 Å². The van der Waals surface area contributed by atoms with Crippen molar-refractivity contribution < 1.29 is 24.2 Å². The summed E-state index contributed by atoms with van der Waals surface area (Å²) >= 11 is 0. The molecule has 9 nitrogen and oxygen atoms in total. The number of hydrogen-bond donors (Lipinski definition) is 4. The standard InChI is InChI=1S/C28H38N4O4.CH4O/c1-4-20(2)25-28(35)32(3)19-24(33)31-26(22-12-6-5-7-13-22)27(34)30-16-10-14-21-11-8-9-15-23(21)36-18-17-29-25;1-2/h5-9,11-13,15,20,25-26,29H,4,10,14,16-19H2,1-3H3,(H,30,34)(H,31,33);2H,1H3. The van der Waals surface area contributed by atoms with Gasteiger partial charge in [0.15, 0.2) is 0 Å². The molecule has 0 radical (unpaired) electrons. The molecule has 1 aliphatic rings. The minimum absolute atomic E-state index is 0.0729. The maximum Gasteiger partial charge on any atom is 0.247 e. The van der Waals surface area contributed by atoms with Gasteiger partial charge >= 0.3 is 0 Å². The Bertz CT molecular complexity index is 1020. The van der Waals surface area contributed by atoms with Crippen LogP contribution in [0.25, 0.3) is 0 Å². The highest BCUT2D eigenvalue weighted by Crippen LogP contribution is 2.20. The van der Waals surface area contributed by atoms with Crippen molar-refractivity contribution in [2.75, 3.05) is 40.4 Å². The van der Waals surface area contributed by atoms with Crippen LogP contribution in [0.4, 0.5) is 0 Å². The number of aliphatic hydroxyl groups is 1. The van der Waals surface area contributed by atoms with E-state index in [2.05, 4.69) is 16.0 Å². The Hall–Kier alpha value is -3.43. The molecule has 0 fully saturated rings. The summed E-state index contributed by atoms with van der Waals surface area (Å²) in [6.45, 7) is 5.28. The normalized spacial score (nSPS) is 20.8. The Morgan fingerprint density at radius 1 is 1.03 bits per heavy atom. The SMILES string of the molecule is CCC(C)C1NCCOc2ccccc2CCCNC(=O)C(c2ccccc2)NC(=O)CN(C)C1=O.CO. The highest BCUT2D eigenvalue weighted by Gasteiger charge is 2.29. The second-order valence-corrected chi connectivity index (χ2v) is 9.27. The van der Waals surface area contributed by atoms with Gasteiger partial charge in [-0.2, -0.15) is 0 Å². The van der Waals surface area contributed by atoms with Gasteiger partial charge in [-0.05, 0) is 36.0 Å². The van der Waals surface area contributed by atoms with Crippen LogP contribution in [-0.4, -0.2) is 74.2 Å². The summed E-state index contributed by atoms with van der Waals surface area (Å²) in [6, 6.07) is 15.7. The number of para-hydroxylation sites is 1. The van der Waals surface area contributed by atoms with Crippen LogP contribution in [0.5, 0.6) is 5.75 Å². The van der Waals surface area contributed by atoms with Gasteiger partial charge < -0.3 is 30.7 Å². The number of carbonyl (C=O) groups is 3. The van der Waals surface area contributed by atoms with Crippen LogP contribution >= 0.6 is 0 Å². The Morgan fingerprint density at radius 3 is 2.42 bits per heavy atom. The molecule has 2 aromatic carbocycles. The van der Waals surface area contributed by atoms with Crippen LogP contribution in [-0.2, 0) is 20.8 Å². The first-order valence-corrected chi connectivity index (χ1v) is 13.2. The van der Waals surface area contributed by atoms with E-state index in [0.717, 1.165) is 37.7 Å². The topological polar surface area (TPSA) is 120 Å². The highest BCUT2D eigenvalue weighted by molar-refractivity contribution is 5.91. The van der Waals surface area contributed by atoms with Crippen molar-refractivity contribution >= 4 is 17.7 Å². The quantitative estimate of drug-likeness (QED) is 0.486. The molecule has 1 heterocycles. The molecule has 0 spiro atoms. The van der Waals surface area contributed by atoms with E-state index in [-0.39, 0.29) is 24.3 Å². The number of fused-ring (bicyclic) bond motifs is 1. The first-order valence-electron chi connectivity index (χ1n) is 13.2. The van der Waals surface area contributed by atoms with Gasteiger partial charge in [-0.3, -0.25) is 14.4 Å². The number of nitrogens with one attached hydrogen (secondary N) is 3. The number of rotatable bonds is 3. The van der Waals surface area contributed by atoms with Crippen LogP contribution in [0.1, 0.15) is 43.9 Å². The van der Waals surface area contributed by atoms with Crippen molar-refractivity contribution in [2.45, 2.75) is 45.2 Å². The lowest BCUT2D eigenvalue weighted by atomic mass is 9.98. The third kappa shape index (κ3) is 9.15. The molecule has 9 heteroatoms. The second kappa shape index (κ2) is 16.4. The number of hydrogen-bond acceptors (Lipinski definition) is 6. The third-order valence-corrected chi connectivity index (χ3v) is 6.56. The minimum atomic E-state index is -0.847. The average Bonchev–Trinajstić information content (AvgIpc) is 2.95. The molecule has 0 saturated carbocycles. The van der Waals surface area contributed by atoms with Gasteiger partial charge in [-0.25, -0.2) is 0 Å². The fourth-order valence-electron chi connectivity index (χ4n) is 4.27. The van der Waals surface area contributed by atoms with Crippen LogP contribution in [0.2, 0.25) is 0 Å². The van der Waals surface area contributed by atoms with Gasteiger partial charge in [0.05, 0.1) is 12.6 Å². The van der Waals surface area contributed by atoms with Crippen molar-refractivity contribution in [3.63, 3.8) is 0 Å². The zero-order chi connectivity index (χ0) is 27.9. The van der Waals surface area contributed by atoms with Gasteiger partial charge in [-0.15, -0.1) is 0 Å². The Labute approximate surface area is 225 Å². The summed E-state index contributed by atoms with van der Waals surface area (Å²) in [5.41, 5.74) is 1.75. The van der Waals surface area contributed by atoms with E-state index < -0.39 is 18.0 Å². The Balaban J connectivity index is 0.00000247. The van der Waals surface area contributed by atoms with Gasteiger partial charge in [0.2, 0.25) is 17.7 Å². The maximum absolute atomic E-state index is 13.3. The summed E-state index contributed by atoms with van der Waals surface area (Å²) < 4.78 is 6.03. The molecular formula is C29H42N4O5. The summed E-state index contributed by atoms with van der Waals surface area (Å²) in [5, 5.41) is 16.1. The zero-order valence-electron chi connectivity index (χ0n) is 22.9. The number of carbonyl (C=O) groups excluding carboxylic acids is 3. The van der Waals surface area contributed by atoms with Crippen LogP contribution in [0.15, 0.2) is 54.6 Å². The molecule has 0 saturated heterocycles. The van der Waals surface area contributed by atoms with Crippen molar-refractivity contribution in [1.82, 2.24) is 20.9 Å². The minimum Gasteiger partial charge on any atom is -0.492 e. The summed E-state index contributed by atoms with van der Waals surface area (Å²) in [4.78, 5) is 40.7. The summed E-state index contributed by atoms with van der Waals surface area (Å²) in [5.74, 6) is 0.0413. The van der Waals surface area contributed by atoms with Gasteiger partial charge in [0.1, 0.15) is 18.4 Å². The number of aryl methyl sites for hydroxylation is 1. The van der Waals surface area contributed by atoms with E-state index in [4.69, 9.17) is 9.84 Å². The first kappa shape index (κ1) is 30.8. The molecular weight excluding hydrogens is 484 g/mol. The number of benzene rings is 2. The Morgan fingerprint density at radius 2 is 1.71 bits per heavy atom. The van der Waals surface area contributed by atoms with Crippen molar-refractivity contribution in [3.05, 3.63) is 65.7 Å². The molecule has 1 aliphatic heterocycles. The number of ether oxygens (including phenoxy) is 1. The molecule has 4 N–H and O–H groups in total. The lowest BCUT2D eigenvalue weighted by Crippen LogP contribution is -2.52. The van der Waals surface area contributed by atoms with Crippen LogP contribution in [0.3, 0.4) is 0 Å². The van der Waals surface area contributed by atoms with E-state index in [9.17, 15) is 14.4 Å². The van der Waals surface area contributed by atoms with Crippen molar-refractivity contribution in [1.29, 1.82) is 0 Å². The van der Waals surface area contributed by atoms with E-state index in [1.54, 1.807) is 7.05 Å². The molecule has 208 valence electrons.